The van der Waals surface area contributed by atoms with Crippen molar-refractivity contribution in [2.24, 2.45) is 5.92 Å². The number of hydrogen-bond acceptors (Lipinski definition) is 4. The Kier molecular flexibility index (Phi) is 6.93. The topological polar surface area (TPSA) is 19.0 Å². The van der Waals surface area contributed by atoms with Crippen molar-refractivity contribution in [2.75, 3.05) is 60.0 Å². The Labute approximate surface area is 131 Å². The first-order chi connectivity index (χ1) is 10.1. The van der Waals surface area contributed by atoms with Gasteiger partial charge in [0.15, 0.2) is 0 Å². The summed E-state index contributed by atoms with van der Waals surface area (Å²) < 4.78 is 5.81. The molecule has 0 spiro atoms. The number of ether oxygens (including phenoxy) is 1. The normalized spacial score (nSPS) is 28.3. The molecule has 0 aromatic heterocycles. The standard InChI is InChI=1S/C17H35N3O/c1-15(2)17-14-19-8-6-5-7-16(19)13-20(17)10-12-21-11-9-18(3)4/h15-17H,5-14H2,1-4H3. The molecule has 0 aromatic rings. The smallest absolute Gasteiger partial charge is 0.0594 e. The van der Waals surface area contributed by atoms with Crippen LogP contribution in [0.15, 0.2) is 0 Å². The van der Waals surface area contributed by atoms with E-state index in [4.69, 9.17) is 4.74 Å². The summed E-state index contributed by atoms with van der Waals surface area (Å²) in [5.74, 6) is 0.731. The van der Waals surface area contributed by atoms with Crippen molar-refractivity contribution in [3.05, 3.63) is 0 Å². The van der Waals surface area contributed by atoms with E-state index in [1.807, 2.05) is 0 Å². The third-order valence-corrected chi connectivity index (χ3v) is 5.06. The fourth-order valence-corrected chi connectivity index (χ4v) is 3.69. The lowest BCUT2D eigenvalue weighted by atomic mass is 9.92. The molecule has 0 saturated carbocycles. The zero-order valence-corrected chi connectivity index (χ0v) is 14.6. The lowest BCUT2D eigenvalue weighted by Gasteiger charge is -2.49. The van der Waals surface area contributed by atoms with E-state index in [0.29, 0.717) is 6.04 Å². The van der Waals surface area contributed by atoms with E-state index in [0.717, 1.165) is 38.3 Å². The van der Waals surface area contributed by atoms with Gasteiger partial charge in [-0.3, -0.25) is 9.80 Å². The second-order valence-electron chi connectivity index (χ2n) is 7.37. The molecule has 0 aliphatic carbocycles. The summed E-state index contributed by atoms with van der Waals surface area (Å²) in [5, 5.41) is 0. The van der Waals surface area contributed by atoms with E-state index < -0.39 is 0 Å². The largest absolute Gasteiger partial charge is 0.379 e. The summed E-state index contributed by atoms with van der Waals surface area (Å²) in [4.78, 5) is 7.63. The maximum Gasteiger partial charge on any atom is 0.0594 e. The molecule has 2 saturated heterocycles. The number of fused-ring (bicyclic) bond motifs is 1. The van der Waals surface area contributed by atoms with Gasteiger partial charge >= 0.3 is 0 Å². The van der Waals surface area contributed by atoms with Gasteiger partial charge in [0, 0.05) is 38.3 Å². The first-order valence-electron chi connectivity index (χ1n) is 8.78. The highest BCUT2D eigenvalue weighted by molar-refractivity contribution is 4.91. The van der Waals surface area contributed by atoms with Crippen molar-refractivity contribution >= 4 is 0 Å². The van der Waals surface area contributed by atoms with Gasteiger partial charge in [0.2, 0.25) is 0 Å². The van der Waals surface area contributed by atoms with Gasteiger partial charge in [-0.25, -0.2) is 0 Å². The van der Waals surface area contributed by atoms with Gasteiger partial charge in [-0.05, 0) is 39.4 Å². The van der Waals surface area contributed by atoms with Crippen molar-refractivity contribution in [3.8, 4) is 0 Å². The number of nitrogens with zero attached hydrogens (tertiary/aromatic N) is 3. The molecule has 124 valence electrons. The summed E-state index contributed by atoms with van der Waals surface area (Å²) >= 11 is 0. The molecule has 21 heavy (non-hydrogen) atoms. The Bertz CT molecular complexity index is 296. The maximum atomic E-state index is 5.81. The van der Waals surface area contributed by atoms with Crippen LogP contribution >= 0.6 is 0 Å². The van der Waals surface area contributed by atoms with Crippen LogP contribution in [-0.2, 0) is 4.74 Å². The zero-order chi connectivity index (χ0) is 15.2. The van der Waals surface area contributed by atoms with Crippen LogP contribution < -0.4 is 0 Å². The Hall–Kier alpha value is -0.160. The van der Waals surface area contributed by atoms with Gasteiger partial charge in [0.25, 0.3) is 0 Å². The third-order valence-electron chi connectivity index (χ3n) is 5.06. The Morgan fingerprint density at radius 3 is 2.67 bits per heavy atom. The molecule has 2 fully saturated rings. The van der Waals surface area contributed by atoms with E-state index in [-0.39, 0.29) is 0 Å². The lowest BCUT2D eigenvalue weighted by molar-refractivity contribution is -0.0215. The van der Waals surface area contributed by atoms with E-state index >= 15 is 0 Å². The van der Waals surface area contributed by atoms with Gasteiger partial charge in [-0.2, -0.15) is 0 Å². The molecule has 2 aliphatic rings. The molecule has 0 bridgehead atoms. The van der Waals surface area contributed by atoms with Crippen LogP contribution in [0.4, 0.5) is 0 Å². The number of hydrogen-bond donors (Lipinski definition) is 0. The van der Waals surface area contributed by atoms with Crippen LogP contribution in [0.5, 0.6) is 0 Å². The second kappa shape index (κ2) is 8.47. The number of piperidine rings is 1. The fourth-order valence-electron chi connectivity index (χ4n) is 3.69. The number of piperazine rings is 1. The van der Waals surface area contributed by atoms with Crippen LogP contribution in [0.3, 0.4) is 0 Å². The highest BCUT2D eigenvalue weighted by atomic mass is 16.5. The molecule has 2 atom stereocenters. The molecule has 2 heterocycles. The van der Waals surface area contributed by atoms with Crippen molar-refractivity contribution in [1.82, 2.24) is 14.7 Å². The molecule has 0 amide bonds. The quantitative estimate of drug-likeness (QED) is 0.667. The summed E-state index contributed by atoms with van der Waals surface area (Å²) in [7, 11) is 4.20. The Morgan fingerprint density at radius 1 is 1.14 bits per heavy atom. The molecular formula is C17H35N3O. The maximum absolute atomic E-state index is 5.81. The van der Waals surface area contributed by atoms with Crippen molar-refractivity contribution in [3.63, 3.8) is 0 Å². The van der Waals surface area contributed by atoms with Crippen molar-refractivity contribution in [2.45, 2.75) is 45.2 Å². The molecule has 0 aromatic carbocycles. The van der Waals surface area contributed by atoms with E-state index in [2.05, 4.69) is 42.6 Å². The van der Waals surface area contributed by atoms with Gasteiger partial charge in [-0.1, -0.05) is 20.3 Å². The van der Waals surface area contributed by atoms with E-state index in [9.17, 15) is 0 Å². The summed E-state index contributed by atoms with van der Waals surface area (Å²) in [6.07, 6.45) is 4.21. The van der Waals surface area contributed by atoms with Crippen LogP contribution in [-0.4, -0.2) is 86.8 Å². The average Bonchev–Trinajstić information content (AvgIpc) is 2.45. The van der Waals surface area contributed by atoms with Gasteiger partial charge in [-0.15, -0.1) is 0 Å². The van der Waals surface area contributed by atoms with Crippen molar-refractivity contribution < 1.29 is 4.74 Å². The van der Waals surface area contributed by atoms with Gasteiger partial charge in [0.1, 0.15) is 0 Å². The highest BCUT2D eigenvalue weighted by Gasteiger charge is 2.35. The molecule has 4 heteroatoms. The minimum Gasteiger partial charge on any atom is -0.379 e. The van der Waals surface area contributed by atoms with Crippen LogP contribution in [0, 0.1) is 5.92 Å². The predicted octanol–water partition coefficient (Wildman–Crippen LogP) is 1.76. The van der Waals surface area contributed by atoms with E-state index in [1.54, 1.807) is 0 Å². The number of rotatable bonds is 7. The minimum absolute atomic E-state index is 0.705. The molecule has 0 radical (unpaired) electrons. The van der Waals surface area contributed by atoms with Crippen molar-refractivity contribution in [1.29, 1.82) is 0 Å². The van der Waals surface area contributed by atoms with Crippen LogP contribution in [0.1, 0.15) is 33.1 Å². The average molecular weight is 297 g/mol. The molecule has 0 N–H and O–H groups in total. The fraction of sp³-hybridized carbons (Fsp3) is 1.00. The van der Waals surface area contributed by atoms with Crippen LogP contribution in [0.25, 0.3) is 0 Å². The first-order valence-corrected chi connectivity index (χ1v) is 8.78. The monoisotopic (exact) mass is 297 g/mol. The van der Waals surface area contributed by atoms with Gasteiger partial charge < -0.3 is 9.64 Å². The third kappa shape index (κ3) is 5.20. The summed E-state index contributed by atoms with van der Waals surface area (Å²) in [5.41, 5.74) is 0. The van der Waals surface area contributed by atoms with Gasteiger partial charge in [0.05, 0.1) is 13.2 Å². The molecular weight excluding hydrogens is 262 g/mol. The molecule has 2 rings (SSSR count). The molecule has 2 unspecified atom stereocenters. The Balaban J connectivity index is 1.78. The second-order valence-corrected chi connectivity index (χ2v) is 7.37. The first kappa shape index (κ1) is 17.2. The zero-order valence-electron chi connectivity index (χ0n) is 14.6. The minimum atomic E-state index is 0.705. The highest BCUT2D eigenvalue weighted by Crippen LogP contribution is 2.26. The Morgan fingerprint density at radius 2 is 1.95 bits per heavy atom. The SMILES string of the molecule is CC(C)C1CN2CCCCC2CN1CCOCCN(C)C. The predicted molar refractivity (Wildman–Crippen MR) is 88.8 cm³/mol. The van der Waals surface area contributed by atoms with Crippen LogP contribution in [0.2, 0.25) is 0 Å². The molecule has 4 nitrogen and oxygen atoms in total. The van der Waals surface area contributed by atoms with E-state index in [1.165, 1.54) is 38.9 Å². The number of likely N-dealkylation sites (N-methyl/N-ethyl adjacent to an activating group) is 1. The summed E-state index contributed by atoms with van der Waals surface area (Å²) in [6, 6.07) is 1.51. The lowest BCUT2D eigenvalue weighted by Crippen LogP contribution is -2.61. The summed E-state index contributed by atoms with van der Waals surface area (Å²) in [6.45, 7) is 12.4. The molecule has 2 aliphatic heterocycles.